The molecule has 5 heteroatoms. The van der Waals surface area contributed by atoms with Crippen LogP contribution in [0.15, 0.2) is 18.2 Å². The predicted octanol–water partition coefficient (Wildman–Crippen LogP) is 1.71. The number of hydrogen-bond acceptors (Lipinski definition) is 3. The predicted molar refractivity (Wildman–Crippen MR) is 59.7 cm³/mol. The lowest BCUT2D eigenvalue weighted by Gasteiger charge is -2.16. The molecule has 1 aromatic carbocycles. The molecule has 0 fully saturated rings. The number of hydrogen-bond donors (Lipinski definition) is 0. The molecule has 0 bridgehead atoms. The Hall–Kier alpha value is -2.09. The summed E-state index contributed by atoms with van der Waals surface area (Å²) < 4.78 is 18.2. The van der Waals surface area contributed by atoms with Crippen molar-refractivity contribution in [3.8, 4) is 11.8 Å². The molecule has 1 aromatic rings. The number of rotatable bonds is 4. The number of ether oxygens (including phenoxy) is 1. The minimum atomic E-state index is -0.467. The maximum atomic E-state index is 13.4. The average molecular weight is 236 g/mol. The number of benzene rings is 1. The Morgan fingerprint density at radius 1 is 1.59 bits per heavy atom. The van der Waals surface area contributed by atoms with E-state index in [1.165, 1.54) is 24.1 Å². The van der Waals surface area contributed by atoms with Gasteiger partial charge in [-0.2, -0.15) is 5.26 Å². The number of carbonyl (C=O) groups excluding carboxylic acids is 1. The number of methoxy groups -OCH3 is 1. The van der Waals surface area contributed by atoms with Gasteiger partial charge in [0.25, 0.3) is 0 Å². The Morgan fingerprint density at radius 3 is 2.82 bits per heavy atom. The highest BCUT2D eigenvalue weighted by molar-refractivity contribution is 5.77. The molecular weight excluding hydrogens is 223 g/mol. The van der Waals surface area contributed by atoms with Crippen LogP contribution < -0.4 is 4.74 Å². The lowest BCUT2D eigenvalue weighted by atomic mass is 10.2. The summed E-state index contributed by atoms with van der Waals surface area (Å²) >= 11 is 0. The molecule has 0 heterocycles. The highest BCUT2D eigenvalue weighted by atomic mass is 19.1. The number of nitriles is 1. The first-order valence-electron chi connectivity index (χ1n) is 5.01. The van der Waals surface area contributed by atoms with Gasteiger partial charge in [0.15, 0.2) is 11.6 Å². The molecular formula is C12H13FN2O2. The number of nitrogens with zero attached hydrogens (tertiary/aromatic N) is 2. The fourth-order valence-electron chi connectivity index (χ4n) is 1.37. The maximum Gasteiger partial charge on any atom is 0.236 e. The van der Waals surface area contributed by atoms with Crippen LogP contribution >= 0.6 is 0 Å². The highest BCUT2D eigenvalue weighted by Gasteiger charge is 2.10. The SMILES string of the molecule is COc1ccc(CN(C)C(=O)CC#N)cc1F. The van der Waals surface area contributed by atoms with Gasteiger partial charge in [0.1, 0.15) is 6.42 Å². The molecule has 0 saturated carbocycles. The summed E-state index contributed by atoms with van der Waals surface area (Å²) in [4.78, 5) is 12.7. The maximum absolute atomic E-state index is 13.4. The summed E-state index contributed by atoms with van der Waals surface area (Å²) in [6, 6.07) is 6.28. The van der Waals surface area contributed by atoms with Gasteiger partial charge in [0.2, 0.25) is 5.91 Å². The molecule has 0 aliphatic heterocycles. The second-order valence-electron chi connectivity index (χ2n) is 3.55. The Balaban J connectivity index is 2.73. The summed E-state index contributed by atoms with van der Waals surface area (Å²) in [7, 11) is 2.96. The third-order valence-corrected chi connectivity index (χ3v) is 2.29. The highest BCUT2D eigenvalue weighted by Crippen LogP contribution is 2.18. The molecule has 0 aliphatic carbocycles. The number of halogens is 1. The standard InChI is InChI=1S/C12H13FN2O2/c1-15(12(16)5-6-14)8-9-3-4-11(17-2)10(13)7-9/h3-4,7H,5,8H2,1-2H3. The summed E-state index contributed by atoms with van der Waals surface area (Å²) in [6.45, 7) is 0.265. The second-order valence-corrected chi connectivity index (χ2v) is 3.55. The summed E-state index contributed by atoms with van der Waals surface area (Å²) in [6.07, 6.45) is -0.171. The van der Waals surface area contributed by atoms with Crippen LogP contribution in [0.5, 0.6) is 5.75 Å². The van der Waals surface area contributed by atoms with E-state index in [-0.39, 0.29) is 24.6 Å². The van der Waals surface area contributed by atoms with E-state index in [2.05, 4.69) is 0 Å². The molecule has 0 radical (unpaired) electrons. The van der Waals surface area contributed by atoms with Gasteiger partial charge in [-0.25, -0.2) is 4.39 Å². The molecule has 0 saturated heterocycles. The zero-order chi connectivity index (χ0) is 12.8. The van der Waals surface area contributed by atoms with Crippen LogP contribution in [-0.2, 0) is 11.3 Å². The van der Waals surface area contributed by atoms with Crippen LogP contribution in [0.1, 0.15) is 12.0 Å². The Bertz CT molecular complexity index is 454. The van der Waals surface area contributed by atoms with E-state index in [0.29, 0.717) is 5.56 Å². The third-order valence-electron chi connectivity index (χ3n) is 2.29. The zero-order valence-electron chi connectivity index (χ0n) is 9.74. The van der Waals surface area contributed by atoms with Gasteiger partial charge in [-0.1, -0.05) is 6.07 Å². The molecule has 4 nitrogen and oxygen atoms in total. The van der Waals surface area contributed by atoms with Crippen molar-refractivity contribution in [2.75, 3.05) is 14.2 Å². The molecule has 0 unspecified atom stereocenters. The molecule has 17 heavy (non-hydrogen) atoms. The minimum absolute atomic E-state index is 0.166. The van der Waals surface area contributed by atoms with Crippen molar-refractivity contribution in [2.24, 2.45) is 0 Å². The fourth-order valence-corrected chi connectivity index (χ4v) is 1.37. The van der Waals surface area contributed by atoms with Crippen molar-refractivity contribution in [3.63, 3.8) is 0 Å². The lowest BCUT2D eigenvalue weighted by molar-refractivity contribution is -0.129. The molecule has 0 aliphatic rings. The molecule has 90 valence electrons. The third kappa shape index (κ3) is 3.45. The van der Waals surface area contributed by atoms with Crippen molar-refractivity contribution in [1.82, 2.24) is 4.90 Å². The molecule has 0 N–H and O–H groups in total. The first-order valence-corrected chi connectivity index (χ1v) is 5.01. The Morgan fingerprint density at radius 2 is 2.29 bits per heavy atom. The average Bonchev–Trinajstić information content (AvgIpc) is 2.29. The first kappa shape index (κ1) is 13.0. The van der Waals surface area contributed by atoms with Gasteiger partial charge >= 0.3 is 0 Å². The van der Waals surface area contributed by atoms with Crippen LogP contribution in [0.3, 0.4) is 0 Å². The van der Waals surface area contributed by atoms with Gasteiger partial charge < -0.3 is 9.64 Å². The van der Waals surface area contributed by atoms with Crippen molar-refractivity contribution >= 4 is 5.91 Å². The van der Waals surface area contributed by atoms with Crippen molar-refractivity contribution < 1.29 is 13.9 Å². The smallest absolute Gasteiger partial charge is 0.236 e. The first-order chi connectivity index (χ1) is 8.08. The van der Waals surface area contributed by atoms with Gasteiger partial charge in [-0.05, 0) is 17.7 Å². The van der Waals surface area contributed by atoms with E-state index in [9.17, 15) is 9.18 Å². The van der Waals surface area contributed by atoms with Crippen LogP contribution in [0, 0.1) is 17.1 Å². The van der Waals surface area contributed by atoms with Crippen LogP contribution in [0.4, 0.5) is 4.39 Å². The molecule has 0 aromatic heterocycles. The van der Waals surface area contributed by atoms with E-state index >= 15 is 0 Å². The minimum Gasteiger partial charge on any atom is -0.494 e. The summed E-state index contributed by atoms with van der Waals surface area (Å²) in [5, 5.41) is 8.39. The normalized spacial score (nSPS) is 9.53. The van der Waals surface area contributed by atoms with E-state index < -0.39 is 5.82 Å². The monoisotopic (exact) mass is 236 g/mol. The molecule has 1 rings (SSSR count). The van der Waals surface area contributed by atoms with E-state index in [0.717, 1.165) is 0 Å². The van der Waals surface area contributed by atoms with E-state index in [1.807, 2.05) is 0 Å². The van der Waals surface area contributed by atoms with Gasteiger partial charge in [0, 0.05) is 13.6 Å². The summed E-state index contributed by atoms with van der Waals surface area (Å²) in [5.74, 6) is -0.588. The van der Waals surface area contributed by atoms with Gasteiger partial charge in [0.05, 0.1) is 13.2 Å². The molecule has 0 atom stereocenters. The number of amides is 1. The lowest BCUT2D eigenvalue weighted by Crippen LogP contribution is -2.25. The van der Waals surface area contributed by atoms with E-state index in [4.69, 9.17) is 10.00 Å². The molecule has 0 spiro atoms. The van der Waals surface area contributed by atoms with Crippen molar-refractivity contribution in [1.29, 1.82) is 5.26 Å². The van der Waals surface area contributed by atoms with Gasteiger partial charge in [-0.15, -0.1) is 0 Å². The Labute approximate surface area is 99.2 Å². The van der Waals surface area contributed by atoms with Crippen LogP contribution in [0.2, 0.25) is 0 Å². The van der Waals surface area contributed by atoms with Crippen LogP contribution in [0.25, 0.3) is 0 Å². The largest absolute Gasteiger partial charge is 0.494 e. The quantitative estimate of drug-likeness (QED) is 0.799. The zero-order valence-corrected chi connectivity index (χ0v) is 9.74. The van der Waals surface area contributed by atoms with Crippen LogP contribution in [-0.4, -0.2) is 25.0 Å². The van der Waals surface area contributed by atoms with Crippen molar-refractivity contribution in [3.05, 3.63) is 29.6 Å². The topological polar surface area (TPSA) is 53.3 Å². The van der Waals surface area contributed by atoms with E-state index in [1.54, 1.807) is 19.2 Å². The molecule has 1 amide bonds. The summed E-state index contributed by atoms with van der Waals surface area (Å²) in [5.41, 5.74) is 0.650. The Kier molecular flexibility index (Phi) is 4.46. The van der Waals surface area contributed by atoms with Crippen molar-refractivity contribution in [2.45, 2.75) is 13.0 Å². The second kappa shape index (κ2) is 5.85. The number of carbonyl (C=O) groups is 1. The fraction of sp³-hybridized carbons (Fsp3) is 0.333. The van der Waals surface area contributed by atoms with Gasteiger partial charge in [-0.3, -0.25) is 4.79 Å².